The number of hydrogen-bond donors (Lipinski definition) is 1. The molecule has 0 aliphatic carbocycles. The second-order valence-corrected chi connectivity index (χ2v) is 10.1. The average Bonchev–Trinajstić information content (AvgIpc) is 3.39. The first-order chi connectivity index (χ1) is 17.6. The Labute approximate surface area is 210 Å². The third-order valence-electron chi connectivity index (χ3n) is 7.69. The first-order valence-corrected chi connectivity index (χ1v) is 12.8. The number of benzene rings is 3. The number of aromatic amines is 1. The highest BCUT2D eigenvalue weighted by molar-refractivity contribution is 5.80. The molecular formula is C30H31F2N3O. The van der Waals surface area contributed by atoms with Gasteiger partial charge < -0.3 is 9.72 Å². The third kappa shape index (κ3) is 4.94. The van der Waals surface area contributed by atoms with Gasteiger partial charge in [-0.3, -0.25) is 9.80 Å². The molecule has 36 heavy (non-hydrogen) atoms. The smallest absolute Gasteiger partial charge is 0.123 e. The molecule has 0 unspecified atom stereocenters. The maximum Gasteiger partial charge on any atom is 0.123 e. The molecule has 2 saturated heterocycles. The van der Waals surface area contributed by atoms with E-state index in [-0.39, 0.29) is 17.7 Å². The van der Waals surface area contributed by atoms with Crippen molar-refractivity contribution >= 4 is 10.9 Å². The van der Waals surface area contributed by atoms with Crippen LogP contribution in [0.2, 0.25) is 0 Å². The highest BCUT2D eigenvalue weighted by Gasteiger charge is 2.39. The normalized spacial score (nSPS) is 20.5. The van der Waals surface area contributed by atoms with E-state index in [1.54, 1.807) is 24.3 Å². The first-order valence-electron chi connectivity index (χ1n) is 12.8. The number of nitrogens with one attached hydrogen (secondary N) is 1. The summed E-state index contributed by atoms with van der Waals surface area (Å²) in [5, 5.41) is 1.27. The molecule has 0 spiro atoms. The van der Waals surface area contributed by atoms with Gasteiger partial charge in [0, 0.05) is 49.5 Å². The van der Waals surface area contributed by atoms with Gasteiger partial charge >= 0.3 is 0 Å². The van der Waals surface area contributed by atoms with Crippen molar-refractivity contribution in [2.75, 3.05) is 26.2 Å². The molecule has 0 amide bonds. The molecule has 0 saturated carbocycles. The van der Waals surface area contributed by atoms with Crippen LogP contribution in [-0.4, -0.2) is 53.1 Å². The van der Waals surface area contributed by atoms with Gasteiger partial charge in [-0.1, -0.05) is 42.5 Å². The molecule has 4 nitrogen and oxygen atoms in total. The number of ether oxygens (including phenoxy) is 1. The van der Waals surface area contributed by atoms with Crippen LogP contribution in [0.4, 0.5) is 8.78 Å². The summed E-state index contributed by atoms with van der Waals surface area (Å²) < 4.78 is 33.3. The Balaban J connectivity index is 1.08. The Bertz CT molecular complexity index is 1210. The molecule has 2 fully saturated rings. The van der Waals surface area contributed by atoms with E-state index in [4.69, 9.17) is 4.74 Å². The summed E-state index contributed by atoms with van der Waals surface area (Å²) in [5.74, 6) is -0.560. The van der Waals surface area contributed by atoms with Crippen molar-refractivity contribution in [2.45, 2.75) is 37.6 Å². The summed E-state index contributed by atoms with van der Waals surface area (Å²) in [6.07, 6.45) is 2.11. The van der Waals surface area contributed by atoms with Crippen LogP contribution < -0.4 is 0 Å². The van der Waals surface area contributed by atoms with Crippen molar-refractivity contribution in [3.8, 4) is 0 Å². The van der Waals surface area contributed by atoms with Gasteiger partial charge in [-0.2, -0.15) is 0 Å². The van der Waals surface area contributed by atoms with Crippen LogP contribution >= 0.6 is 0 Å². The van der Waals surface area contributed by atoms with Crippen LogP contribution in [0, 0.1) is 11.6 Å². The molecule has 6 rings (SSSR count). The summed E-state index contributed by atoms with van der Waals surface area (Å²) >= 11 is 0. The van der Waals surface area contributed by atoms with Gasteiger partial charge in [0.05, 0.1) is 6.61 Å². The van der Waals surface area contributed by atoms with Crippen LogP contribution in [0.5, 0.6) is 0 Å². The largest absolute Gasteiger partial charge is 0.367 e. The predicted molar refractivity (Wildman–Crippen MR) is 138 cm³/mol. The topological polar surface area (TPSA) is 31.5 Å². The Morgan fingerprint density at radius 2 is 1.44 bits per heavy atom. The minimum Gasteiger partial charge on any atom is -0.367 e. The fraction of sp³-hybridized carbons (Fsp3) is 0.333. The molecule has 2 aliphatic heterocycles. The van der Waals surface area contributed by atoms with E-state index in [9.17, 15) is 8.78 Å². The van der Waals surface area contributed by atoms with E-state index in [1.165, 1.54) is 53.7 Å². The zero-order valence-corrected chi connectivity index (χ0v) is 20.2. The number of nitrogens with zero attached hydrogens (tertiary/aromatic N) is 2. The fourth-order valence-electron chi connectivity index (χ4n) is 5.89. The highest BCUT2D eigenvalue weighted by Crippen LogP contribution is 2.32. The SMILES string of the molecule is Fc1ccc(C(OCCN2C[C@H]3CC[C@@H](C2)N3Cc2cc3ccccc3[nH]2)c2ccc(F)cc2)cc1. The Morgan fingerprint density at radius 1 is 0.833 bits per heavy atom. The monoisotopic (exact) mass is 487 g/mol. The quantitative estimate of drug-likeness (QED) is 0.336. The van der Waals surface area contributed by atoms with Crippen LogP contribution in [0.1, 0.15) is 35.8 Å². The van der Waals surface area contributed by atoms with Crippen molar-refractivity contribution in [1.82, 2.24) is 14.8 Å². The van der Waals surface area contributed by atoms with Crippen LogP contribution in [0.15, 0.2) is 78.9 Å². The lowest BCUT2D eigenvalue weighted by atomic mass is 10.0. The lowest BCUT2D eigenvalue weighted by molar-refractivity contribution is 0.0208. The summed E-state index contributed by atoms with van der Waals surface area (Å²) in [5.41, 5.74) is 4.22. The van der Waals surface area contributed by atoms with Gasteiger partial charge in [-0.25, -0.2) is 8.78 Å². The second kappa shape index (κ2) is 10.1. The van der Waals surface area contributed by atoms with Crippen molar-refractivity contribution in [3.63, 3.8) is 0 Å². The zero-order chi connectivity index (χ0) is 24.5. The van der Waals surface area contributed by atoms with Crippen molar-refractivity contribution in [3.05, 3.63) is 107 Å². The van der Waals surface area contributed by atoms with Gasteiger partial charge in [0.2, 0.25) is 0 Å². The first kappa shape index (κ1) is 23.3. The third-order valence-corrected chi connectivity index (χ3v) is 7.69. The van der Waals surface area contributed by atoms with E-state index in [1.807, 2.05) is 0 Å². The molecule has 2 atom stereocenters. The van der Waals surface area contributed by atoms with Crippen LogP contribution in [0.3, 0.4) is 0 Å². The Morgan fingerprint density at radius 3 is 2.06 bits per heavy atom. The van der Waals surface area contributed by atoms with E-state index < -0.39 is 0 Å². The van der Waals surface area contributed by atoms with E-state index in [2.05, 4.69) is 45.1 Å². The highest BCUT2D eigenvalue weighted by atomic mass is 19.1. The molecule has 3 heterocycles. The molecular weight excluding hydrogens is 456 g/mol. The lowest BCUT2D eigenvalue weighted by Crippen LogP contribution is -2.53. The maximum atomic E-state index is 13.5. The van der Waals surface area contributed by atoms with Crippen LogP contribution in [-0.2, 0) is 11.3 Å². The van der Waals surface area contributed by atoms with Gasteiger partial charge in [-0.05, 0) is 65.8 Å². The fourth-order valence-corrected chi connectivity index (χ4v) is 5.89. The number of likely N-dealkylation sites (tertiary alicyclic amines) is 1. The number of hydrogen-bond acceptors (Lipinski definition) is 3. The maximum absolute atomic E-state index is 13.5. The molecule has 4 aromatic rings. The molecule has 1 N–H and O–H groups in total. The zero-order valence-electron chi connectivity index (χ0n) is 20.2. The number of piperazine rings is 1. The summed E-state index contributed by atoms with van der Waals surface area (Å²) in [6.45, 7) is 4.44. The second-order valence-electron chi connectivity index (χ2n) is 10.1. The number of H-pyrrole nitrogens is 1. The molecule has 2 aliphatic rings. The lowest BCUT2D eigenvalue weighted by Gasteiger charge is -2.41. The van der Waals surface area contributed by atoms with E-state index >= 15 is 0 Å². The van der Waals surface area contributed by atoms with E-state index in [0.29, 0.717) is 18.7 Å². The summed E-state index contributed by atoms with van der Waals surface area (Å²) in [4.78, 5) is 8.76. The standard InChI is InChI=1S/C30H31F2N3O/c31-24-9-5-21(6-10-24)30(22-7-11-25(32)12-8-22)36-16-15-34-19-27-13-14-28(20-34)35(27)18-26-17-23-3-1-2-4-29(23)33-26/h1-12,17,27-28,30,33H,13-16,18-20H2/t27-,28+. The van der Waals surface area contributed by atoms with Crippen molar-refractivity contribution in [2.24, 2.45) is 0 Å². The Kier molecular flexibility index (Phi) is 6.57. The van der Waals surface area contributed by atoms with Crippen molar-refractivity contribution < 1.29 is 13.5 Å². The molecule has 186 valence electrons. The molecule has 2 bridgehead atoms. The molecule has 6 heteroatoms. The van der Waals surface area contributed by atoms with Gasteiger partial charge in [0.15, 0.2) is 0 Å². The average molecular weight is 488 g/mol. The predicted octanol–water partition coefficient (Wildman–Crippen LogP) is 5.90. The van der Waals surface area contributed by atoms with Crippen LogP contribution in [0.25, 0.3) is 10.9 Å². The van der Waals surface area contributed by atoms with Gasteiger partial charge in [-0.15, -0.1) is 0 Å². The minimum absolute atomic E-state index is 0.280. The summed E-state index contributed by atoms with van der Waals surface area (Å²) in [7, 11) is 0. The van der Waals surface area contributed by atoms with Gasteiger partial charge in [0.1, 0.15) is 17.7 Å². The van der Waals surface area contributed by atoms with E-state index in [0.717, 1.165) is 37.3 Å². The number of fused-ring (bicyclic) bond motifs is 3. The van der Waals surface area contributed by atoms with Gasteiger partial charge in [0.25, 0.3) is 0 Å². The summed E-state index contributed by atoms with van der Waals surface area (Å²) in [6, 6.07) is 24.6. The Hall–Kier alpha value is -3.06. The molecule has 3 aromatic carbocycles. The number of halogens is 2. The minimum atomic E-state index is -0.355. The molecule has 0 radical (unpaired) electrons. The molecule has 1 aromatic heterocycles. The number of rotatable bonds is 8. The van der Waals surface area contributed by atoms with Crippen molar-refractivity contribution in [1.29, 1.82) is 0 Å². The number of aromatic nitrogens is 1. The number of para-hydroxylation sites is 1.